The molecule has 116 valence electrons. The second-order valence-electron chi connectivity index (χ2n) is 7.58. The average Bonchev–Trinajstić information content (AvgIpc) is 2.74. The van der Waals surface area contributed by atoms with Crippen LogP contribution in [0.3, 0.4) is 0 Å². The second kappa shape index (κ2) is 5.26. The molecule has 1 aliphatic carbocycles. The van der Waals surface area contributed by atoms with Gasteiger partial charge in [0.1, 0.15) is 5.60 Å². The normalized spacial score (nSPS) is 26.0. The summed E-state index contributed by atoms with van der Waals surface area (Å²) in [6.07, 6.45) is -0.483. The molecule has 0 aromatic carbocycles. The standard InChI is InChI=1S/C15H27NO4/c1-8(2)11(16-13(19)20-14(3,4)5)9-10(12(17)18)15(9,6)7/h8-11H,1-7H3,(H,16,19)(H,17,18). The van der Waals surface area contributed by atoms with Gasteiger partial charge in [0.2, 0.25) is 0 Å². The molecule has 1 rings (SSSR count). The lowest BCUT2D eigenvalue weighted by molar-refractivity contribution is -0.139. The average molecular weight is 285 g/mol. The van der Waals surface area contributed by atoms with E-state index in [9.17, 15) is 14.7 Å². The Morgan fingerprint density at radius 1 is 1.25 bits per heavy atom. The minimum absolute atomic E-state index is 0.0625. The predicted octanol–water partition coefficient (Wildman–Crippen LogP) is 2.89. The van der Waals surface area contributed by atoms with Gasteiger partial charge in [-0.2, -0.15) is 0 Å². The van der Waals surface area contributed by atoms with Crippen molar-refractivity contribution in [2.45, 2.75) is 60.1 Å². The van der Waals surface area contributed by atoms with Crippen molar-refractivity contribution < 1.29 is 19.4 Å². The number of carboxylic acids is 1. The van der Waals surface area contributed by atoms with E-state index < -0.39 is 23.6 Å². The van der Waals surface area contributed by atoms with E-state index in [0.29, 0.717) is 0 Å². The number of carbonyl (C=O) groups excluding carboxylic acids is 1. The zero-order valence-corrected chi connectivity index (χ0v) is 13.5. The molecule has 0 aliphatic heterocycles. The lowest BCUT2D eigenvalue weighted by Crippen LogP contribution is -2.44. The quantitative estimate of drug-likeness (QED) is 0.832. The van der Waals surface area contributed by atoms with Gasteiger partial charge in [-0.05, 0) is 38.0 Å². The van der Waals surface area contributed by atoms with Crippen molar-refractivity contribution >= 4 is 12.1 Å². The molecule has 3 unspecified atom stereocenters. The number of hydrogen-bond acceptors (Lipinski definition) is 3. The van der Waals surface area contributed by atoms with Crippen molar-refractivity contribution in [3.8, 4) is 0 Å². The fourth-order valence-electron chi connectivity index (χ4n) is 2.93. The van der Waals surface area contributed by atoms with Crippen LogP contribution in [0.5, 0.6) is 0 Å². The number of rotatable bonds is 4. The monoisotopic (exact) mass is 285 g/mol. The van der Waals surface area contributed by atoms with Crippen molar-refractivity contribution in [1.29, 1.82) is 0 Å². The maximum Gasteiger partial charge on any atom is 0.407 e. The van der Waals surface area contributed by atoms with Crippen LogP contribution in [0.4, 0.5) is 4.79 Å². The van der Waals surface area contributed by atoms with Gasteiger partial charge in [0, 0.05) is 6.04 Å². The highest BCUT2D eigenvalue weighted by Gasteiger charge is 2.65. The molecule has 20 heavy (non-hydrogen) atoms. The van der Waals surface area contributed by atoms with E-state index in [2.05, 4.69) is 5.32 Å². The largest absolute Gasteiger partial charge is 0.481 e. The summed E-state index contributed by atoms with van der Waals surface area (Å²) in [5.41, 5.74) is -0.855. The maximum atomic E-state index is 11.9. The summed E-state index contributed by atoms with van der Waals surface area (Å²) in [6, 6.07) is -0.194. The van der Waals surface area contributed by atoms with Gasteiger partial charge in [-0.15, -0.1) is 0 Å². The minimum Gasteiger partial charge on any atom is -0.481 e. The molecule has 1 amide bonds. The number of carboxylic acid groups (broad SMARTS) is 1. The number of ether oxygens (including phenoxy) is 1. The number of carbonyl (C=O) groups is 2. The van der Waals surface area contributed by atoms with E-state index in [1.807, 2.05) is 27.7 Å². The van der Waals surface area contributed by atoms with E-state index in [0.717, 1.165) is 0 Å². The molecule has 0 aromatic heterocycles. The third kappa shape index (κ3) is 3.64. The Bertz CT molecular complexity index is 395. The number of hydrogen-bond donors (Lipinski definition) is 2. The minimum atomic E-state index is -0.795. The molecule has 2 N–H and O–H groups in total. The lowest BCUT2D eigenvalue weighted by Gasteiger charge is -2.26. The van der Waals surface area contributed by atoms with Gasteiger partial charge < -0.3 is 15.2 Å². The zero-order chi connectivity index (χ0) is 15.9. The van der Waals surface area contributed by atoms with Gasteiger partial charge >= 0.3 is 12.1 Å². The first-order valence-corrected chi connectivity index (χ1v) is 7.10. The van der Waals surface area contributed by atoms with Gasteiger partial charge in [0.15, 0.2) is 0 Å². The molecule has 5 nitrogen and oxygen atoms in total. The number of aliphatic carboxylic acids is 1. The van der Waals surface area contributed by atoms with Crippen LogP contribution in [-0.2, 0) is 9.53 Å². The van der Waals surface area contributed by atoms with Crippen molar-refractivity contribution in [3.05, 3.63) is 0 Å². The summed E-state index contributed by atoms with van der Waals surface area (Å²) in [6.45, 7) is 13.2. The summed E-state index contributed by atoms with van der Waals surface area (Å²) in [4.78, 5) is 23.2. The Morgan fingerprint density at radius 3 is 2.05 bits per heavy atom. The molecule has 1 saturated carbocycles. The van der Waals surface area contributed by atoms with Gasteiger partial charge in [-0.3, -0.25) is 4.79 Å². The van der Waals surface area contributed by atoms with Crippen molar-refractivity contribution in [2.75, 3.05) is 0 Å². The Kier molecular flexibility index (Phi) is 4.42. The fourth-order valence-corrected chi connectivity index (χ4v) is 2.93. The van der Waals surface area contributed by atoms with E-state index in [-0.39, 0.29) is 23.3 Å². The maximum absolute atomic E-state index is 11.9. The molecule has 0 radical (unpaired) electrons. The van der Waals surface area contributed by atoms with Crippen molar-refractivity contribution in [3.63, 3.8) is 0 Å². The van der Waals surface area contributed by atoms with Crippen molar-refractivity contribution in [2.24, 2.45) is 23.2 Å². The van der Waals surface area contributed by atoms with Crippen LogP contribution >= 0.6 is 0 Å². The molecule has 5 heteroatoms. The first-order chi connectivity index (χ1) is 8.88. The highest BCUT2D eigenvalue weighted by molar-refractivity contribution is 5.76. The molecular weight excluding hydrogens is 258 g/mol. The van der Waals surface area contributed by atoms with E-state index >= 15 is 0 Å². The number of alkyl carbamates (subject to hydrolysis) is 1. The van der Waals surface area contributed by atoms with Gasteiger partial charge in [-0.25, -0.2) is 4.79 Å². The molecule has 0 saturated heterocycles. The van der Waals surface area contributed by atoms with Gasteiger partial charge in [0.25, 0.3) is 0 Å². The Hall–Kier alpha value is -1.26. The third-order valence-electron chi connectivity index (χ3n) is 3.97. The molecule has 3 atom stereocenters. The molecule has 1 fully saturated rings. The van der Waals surface area contributed by atoms with Crippen LogP contribution < -0.4 is 5.32 Å². The van der Waals surface area contributed by atoms with E-state index in [1.54, 1.807) is 20.8 Å². The topological polar surface area (TPSA) is 75.6 Å². The highest BCUT2D eigenvalue weighted by atomic mass is 16.6. The highest BCUT2D eigenvalue weighted by Crippen LogP contribution is 2.60. The Balaban J connectivity index is 2.78. The van der Waals surface area contributed by atoms with E-state index in [1.165, 1.54) is 0 Å². The molecular formula is C15H27NO4. The van der Waals surface area contributed by atoms with Gasteiger partial charge in [0.05, 0.1) is 5.92 Å². The van der Waals surface area contributed by atoms with Crippen LogP contribution in [0.25, 0.3) is 0 Å². The van der Waals surface area contributed by atoms with E-state index in [4.69, 9.17) is 4.74 Å². The summed E-state index contributed by atoms with van der Waals surface area (Å²) in [5.74, 6) is -1.12. The van der Waals surface area contributed by atoms with Crippen LogP contribution in [0.2, 0.25) is 0 Å². The van der Waals surface area contributed by atoms with Crippen molar-refractivity contribution in [1.82, 2.24) is 5.32 Å². The number of amides is 1. The molecule has 0 heterocycles. The lowest BCUT2D eigenvalue weighted by atomic mass is 9.94. The third-order valence-corrected chi connectivity index (χ3v) is 3.97. The summed E-state index contributed by atoms with van der Waals surface area (Å²) in [7, 11) is 0. The van der Waals surface area contributed by atoms with Crippen LogP contribution in [-0.4, -0.2) is 28.8 Å². The summed E-state index contributed by atoms with van der Waals surface area (Å²) < 4.78 is 5.26. The second-order valence-corrected chi connectivity index (χ2v) is 7.58. The smallest absolute Gasteiger partial charge is 0.407 e. The predicted molar refractivity (Wildman–Crippen MR) is 76.4 cm³/mol. The SMILES string of the molecule is CC(C)C(NC(=O)OC(C)(C)C)C1C(C(=O)O)C1(C)C. The first kappa shape index (κ1) is 16.8. The fraction of sp³-hybridized carbons (Fsp3) is 0.867. The molecule has 0 bridgehead atoms. The van der Waals surface area contributed by atoms with Gasteiger partial charge in [-0.1, -0.05) is 27.7 Å². The first-order valence-electron chi connectivity index (χ1n) is 7.10. The van der Waals surface area contributed by atoms with Crippen LogP contribution in [0, 0.1) is 23.2 Å². The number of nitrogens with one attached hydrogen (secondary N) is 1. The zero-order valence-electron chi connectivity index (χ0n) is 13.5. The summed E-state index contributed by atoms with van der Waals surface area (Å²) in [5, 5.41) is 12.1. The Labute approximate surface area is 121 Å². The van der Waals surface area contributed by atoms with Crippen LogP contribution in [0.1, 0.15) is 48.5 Å². The molecule has 0 spiro atoms. The Morgan fingerprint density at radius 2 is 1.75 bits per heavy atom. The molecule has 0 aromatic rings. The van der Waals surface area contributed by atoms with Crippen LogP contribution in [0.15, 0.2) is 0 Å². The molecule has 1 aliphatic rings. The summed E-state index contributed by atoms with van der Waals surface area (Å²) >= 11 is 0.